The van der Waals surface area contributed by atoms with E-state index in [0.29, 0.717) is 21.8 Å². The summed E-state index contributed by atoms with van der Waals surface area (Å²) in [5.74, 6) is -0.116. The lowest BCUT2D eigenvalue weighted by molar-refractivity contribution is -0.137. The van der Waals surface area contributed by atoms with Crippen molar-refractivity contribution in [3.8, 4) is 5.69 Å². The molecule has 1 saturated heterocycles. The minimum Gasteiger partial charge on any atom is -0.346 e. The lowest BCUT2D eigenvalue weighted by Gasteiger charge is -2.19. The number of benzene rings is 1. The zero-order valence-corrected chi connectivity index (χ0v) is 16.6. The fourth-order valence-corrected chi connectivity index (χ4v) is 3.95. The van der Waals surface area contributed by atoms with Crippen LogP contribution in [0.2, 0.25) is 5.02 Å². The molecule has 0 radical (unpaired) electrons. The molecule has 2 heterocycles. The van der Waals surface area contributed by atoms with Crippen molar-refractivity contribution in [2.75, 3.05) is 24.5 Å². The normalized spacial score (nSPS) is 15.7. The van der Waals surface area contributed by atoms with Gasteiger partial charge in [-0.1, -0.05) is 35.5 Å². The van der Waals surface area contributed by atoms with E-state index in [4.69, 9.17) is 11.6 Å². The van der Waals surface area contributed by atoms with Gasteiger partial charge in [0, 0.05) is 13.1 Å². The zero-order valence-electron chi connectivity index (χ0n) is 15.0. The van der Waals surface area contributed by atoms with Gasteiger partial charge in [-0.3, -0.25) is 9.36 Å². The quantitative estimate of drug-likeness (QED) is 0.704. The van der Waals surface area contributed by atoms with Crippen LogP contribution in [0.3, 0.4) is 0 Å². The van der Waals surface area contributed by atoms with Crippen molar-refractivity contribution in [3.05, 3.63) is 29.3 Å². The average Bonchev–Trinajstić information content (AvgIpc) is 3.29. The third kappa shape index (κ3) is 4.91. The molecular formula is C17H19ClF3N5OS. The molecule has 1 atom stereocenters. The molecule has 0 bridgehead atoms. The summed E-state index contributed by atoms with van der Waals surface area (Å²) in [4.78, 5) is 14.1. The Balaban J connectivity index is 1.87. The Hall–Kier alpha value is -1.94. The second-order valence-corrected chi connectivity index (χ2v) is 8.07. The first-order valence-corrected chi connectivity index (χ1v) is 9.98. The van der Waals surface area contributed by atoms with Crippen molar-refractivity contribution in [1.29, 1.82) is 0 Å². The molecule has 1 aromatic carbocycles. The van der Waals surface area contributed by atoms with Gasteiger partial charge in [-0.05, 0) is 31.9 Å². The summed E-state index contributed by atoms with van der Waals surface area (Å²) in [6.07, 6.45) is -2.39. The Labute approximate surface area is 169 Å². The molecule has 0 spiro atoms. The van der Waals surface area contributed by atoms with Gasteiger partial charge >= 0.3 is 6.18 Å². The maximum Gasteiger partial charge on any atom is 0.405 e. The first-order chi connectivity index (χ1) is 13.3. The highest BCUT2D eigenvalue weighted by Gasteiger charge is 2.30. The summed E-state index contributed by atoms with van der Waals surface area (Å²) < 4.78 is 38.8. The molecule has 1 aromatic heterocycles. The zero-order chi connectivity index (χ0) is 20.3. The van der Waals surface area contributed by atoms with Gasteiger partial charge in [0.1, 0.15) is 6.54 Å². The number of thioether (sulfide) groups is 1. The SMILES string of the molecule is C[C@H](Sc1nnc(N2CCCC2)n1-c1ccccc1Cl)C(=O)NCC(F)(F)F. The van der Waals surface area contributed by atoms with E-state index < -0.39 is 23.9 Å². The van der Waals surface area contributed by atoms with Crippen molar-refractivity contribution in [3.63, 3.8) is 0 Å². The van der Waals surface area contributed by atoms with E-state index in [-0.39, 0.29) is 0 Å². The van der Waals surface area contributed by atoms with Crippen molar-refractivity contribution < 1.29 is 18.0 Å². The summed E-state index contributed by atoms with van der Waals surface area (Å²) in [5, 5.41) is 10.4. The molecule has 0 unspecified atom stereocenters. The number of hydrogen-bond acceptors (Lipinski definition) is 5. The van der Waals surface area contributed by atoms with E-state index in [9.17, 15) is 18.0 Å². The number of aromatic nitrogens is 3. The molecule has 1 N–H and O–H groups in total. The lowest BCUT2D eigenvalue weighted by Crippen LogP contribution is -2.38. The molecule has 0 saturated carbocycles. The summed E-state index contributed by atoms with van der Waals surface area (Å²) in [6, 6.07) is 7.16. The number of alkyl halides is 3. The molecule has 1 aliphatic heterocycles. The number of halogens is 4. The van der Waals surface area contributed by atoms with Gasteiger partial charge in [0.05, 0.1) is 16.0 Å². The van der Waals surface area contributed by atoms with E-state index in [1.54, 1.807) is 16.7 Å². The fourth-order valence-electron chi connectivity index (χ4n) is 2.85. The minimum absolute atomic E-state index is 0.393. The van der Waals surface area contributed by atoms with Crippen LogP contribution in [0.5, 0.6) is 0 Å². The maximum atomic E-state index is 12.3. The lowest BCUT2D eigenvalue weighted by atomic mass is 10.3. The van der Waals surface area contributed by atoms with Crippen molar-refractivity contribution in [2.24, 2.45) is 0 Å². The molecule has 11 heteroatoms. The van der Waals surface area contributed by atoms with Crippen molar-refractivity contribution >= 4 is 35.2 Å². The van der Waals surface area contributed by atoms with Gasteiger partial charge in [0.2, 0.25) is 11.9 Å². The van der Waals surface area contributed by atoms with Gasteiger partial charge in [0.25, 0.3) is 0 Å². The number of anilines is 1. The molecule has 1 amide bonds. The van der Waals surface area contributed by atoms with E-state index in [1.165, 1.54) is 6.92 Å². The summed E-state index contributed by atoms with van der Waals surface area (Å²) in [6.45, 7) is 1.81. The van der Waals surface area contributed by atoms with Gasteiger partial charge in [0.15, 0.2) is 5.16 Å². The second kappa shape index (κ2) is 8.60. The number of rotatable bonds is 6. The number of carbonyl (C=O) groups is 1. The third-order valence-electron chi connectivity index (χ3n) is 4.21. The third-order valence-corrected chi connectivity index (χ3v) is 5.58. The standard InChI is InChI=1S/C17H19ClF3N5OS/c1-11(14(27)22-10-17(19,20)21)28-16-24-23-15(25-8-4-5-9-25)26(16)13-7-3-2-6-12(13)18/h2-3,6-7,11H,4-5,8-10H2,1H3,(H,22,27)/t11-/m0/s1. The highest BCUT2D eigenvalue weighted by molar-refractivity contribution is 8.00. The molecule has 28 heavy (non-hydrogen) atoms. The molecule has 1 aliphatic rings. The highest BCUT2D eigenvalue weighted by atomic mass is 35.5. The second-order valence-electron chi connectivity index (χ2n) is 6.36. The van der Waals surface area contributed by atoms with Gasteiger partial charge < -0.3 is 10.2 Å². The Morgan fingerprint density at radius 3 is 2.61 bits per heavy atom. The predicted molar refractivity (Wildman–Crippen MR) is 102 cm³/mol. The van der Waals surface area contributed by atoms with E-state index in [1.807, 2.05) is 17.4 Å². The van der Waals surface area contributed by atoms with Crippen LogP contribution < -0.4 is 10.2 Å². The number of nitrogens with one attached hydrogen (secondary N) is 1. The van der Waals surface area contributed by atoms with Crippen molar-refractivity contribution in [2.45, 2.75) is 36.3 Å². The molecule has 1 fully saturated rings. The number of nitrogens with zero attached hydrogens (tertiary/aromatic N) is 4. The Kier molecular flexibility index (Phi) is 6.39. The van der Waals surface area contributed by atoms with Gasteiger partial charge in [-0.25, -0.2) is 0 Å². The molecule has 152 valence electrons. The fraction of sp³-hybridized carbons (Fsp3) is 0.471. The van der Waals surface area contributed by atoms with Crippen LogP contribution in [0.15, 0.2) is 29.4 Å². The van der Waals surface area contributed by atoms with Crippen LogP contribution in [0.25, 0.3) is 5.69 Å². The number of amides is 1. The number of para-hydroxylation sites is 1. The van der Waals surface area contributed by atoms with Crippen LogP contribution in [0, 0.1) is 0 Å². The molecule has 0 aliphatic carbocycles. The van der Waals surface area contributed by atoms with E-state index in [0.717, 1.165) is 37.7 Å². The highest BCUT2D eigenvalue weighted by Crippen LogP contribution is 2.33. The molecule has 6 nitrogen and oxygen atoms in total. The number of hydrogen-bond donors (Lipinski definition) is 1. The topological polar surface area (TPSA) is 63.1 Å². The van der Waals surface area contributed by atoms with Gasteiger partial charge in [-0.15, -0.1) is 10.2 Å². The van der Waals surface area contributed by atoms with Gasteiger partial charge in [-0.2, -0.15) is 13.2 Å². The van der Waals surface area contributed by atoms with Crippen LogP contribution in [0.4, 0.5) is 19.1 Å². The monoisotopic (exact) mass is 433 g/mol. The van der Waals surface area contributed by atoms with Crippen LogP contribution >= 0.6 is 23.4 Å². The predicted octanol–water partition coefficient (Wildman–Crippen LogP) is 3.68. The van der Waals surface area contributed by atoms with Crippen LogP contribution in [0.1, 0.15) is 19.8 Å². The first kappa shape index (κ1) is 20.8. The molecule has 2 aromatic rings. The summed E-state index contributed by atoms with van der Waals surface area (Å²) in [7, 11) is 0. The largest absolute Gasteiger partial charge is 0.405 e. The summed E-state index contributed by atoms with van der Waals surface area (Å²) >= 11 is 7.39. The van der Waals surface area contributed by atoms with Crippen molar-refractivity contribution in [1.82, 2.24) is 20.1 Å². The Morgan fingerprint density at radius 1 is 1.29 bits per heavy atom. The van der Waals surface area contributed by atoms with E-state index in [2.05, 4.69) is 15.1 Å². The van der Waals surface area contributed by atoms with E-state index >= 15 is 0 Å². The van der Waals surface area contributed by atoms with Crippen LogP contribution in [-0.2, 0) is 4.79 Å². The number of carbonyl (C=O) groups excluding carboxylic acids is 1. The average molecular weight is 434 g/mol. The molecular weight excluding hydrogens is 415 g/mol. The Bertz CT molecular complexity index is 838. The minimum atomic E-state index is -4.46. The molecule has 3 rings (SSSR count). The van der Waals surface area contributed by atoms with Crippen LogP contribution in [-0.4, -0.2) is 51.7 Å². The Morgan fingerprint density at radius 2 is 1.96 bits per heavy atom. The maximum absolute atomic E-state index is 12.3. The summed E-state index contributed by atoms with van der Waals surface area (Å²) in [5.41, 5.74) is 0.654. The smallest absolute Gasteiger partial charge is 0.346 e. The first-order valence-electron chi connectivity index (χ1n) is 8.72.